The highest BCUT2D eigenvalue weighted by Crippen LogP contribution is 2.27. The average molecular weight is 363 g/mol. The molecule has 0 amide bonds. The van der Waals surface area contributed by atoms with E-state index in [2.05, 4.69) is 30.4 Å². The molecule has 0 atom stereocenters. The number of aromatic nitrogens is 7. The van der Waals surface area contributed by atoms with Gasteiger partial charge in [-0.05, 0) is 30.5 Å². The number of nitrogens with one attached hydrogen (secondary N) is 1. The summed E-state index contributed by atoms with van der Waals surface area (Å²) in [5, 5.41) is 12.5. The summed E-state index contributed by atoms with van der Waals surface area (Å²) in [7, 11) is 0. The zero-order valence-corrected chi connectivity index (χ0v) is 15.0. The molecule has 138 valence electrons. The van der Waals surface area contributed by atoms with Gasteiger partial charge in [-0.3, -0.25) is 4.68 Å². The molecule has 1 saturated carbocycles. The molecule has 1 N–H and O–H groups in total. The van der Waals surface area contributed by atoms with Crippen LogP contribution in [-0.2, 0) is 6.54 Å². The molecule has 8 nitrogen and oxygen atoms in total. The van der Waals surface area contributed by atoms with Crippen LogP contribution < -0.4 is 0 Å². The second kappa shape index (κ2) is 6.94. The molecule has 0 spiro atoms. The molecule has 0 radical (unpaired) electrons. The van der Waals surface area contributed by atoms with Gasteiger partial charge in [0.15, 0.2) is 5.69 Å². The van der Waals surface area contributed by atoms with E-state index in [0.29, 0.717) is 17.4 Å². The molecule has 8 heteroatoms. The third-order valence-corrected chi connectivity index (χ3v) is 5.35. The Morgan fingerprint density at radius 2 is 2.11 bits per heavy atom. The smallest absolute Gasteiger partial charge is 0.280 e. The highest BCUT2D eigenvalue weighted by atomic mass is 16.5. The van der Waals surface area contributed by atoms with Crippen LogP contribution in [0.4, 0.5) is 0 Å². The molecule has 3 heterocycles. The minimum Gasteiger partial charge on any atom is -0.345 e. The van der Waals surface area contributed by atoms with Gasteiger partial charge in [-0.15, -0.1) is 5.10 Å². The molecule has 0 unspecified atom stereocenters. The molecule has 27 heavy (non-hydrogen) atoms. The first-order valence-electron chi connectivity index (χ1n) is 9.53. The maximum atomic E-state index is 5.40. The minimum absolute atomic E-state index is 0.388. The maximum absolute atomic E-state index is 5.40. The first-order chi connectivity index (χ1) is 13.3. The van der Waals surface area contributed by atoms with E-state index in [4.69, 9.17) is 4.52 Å². The Morgan fingerprint density at radius 3 is 3.04 bits per heavy atom. The number of aryl methyl sites for hydroxylation is 1. The van der Waals surface area contributed by atoms with Crippen LogP contribution >= 0.6 is 0 Å². The van der Waals surface area contributed by atoms with Crippen molar-refractivity contribution in [3.63, 3.8) is 0 Å². The van der Waals surface area contributed by atoms with Gasteiger partial charge in [-0.25, -0.2) is 4.98 Å². The van der Waals surface area contributed by atoms with Crippen molar-refractivity contribution in [3.05, 3.63) is 30.7 Å². The summed E-state index contributed by atoms with van der Waals surface area (Å²) in [6, 6.07) is 5.82. The second-order valence-electron chi connectivity index (χ2n) is 7.22. The summed E-state index contributed by atoms with van der Waals surface area (Å²) >= 11 is 0. The molecule has 3 aromatic heterocycles. The molecule has 1 aromatic carbocycles. The van der Waals surface area contributed by atoms with E-state index in [1.54, 1.807) is 6.33 Å². The van der Waals surface area contributed by atoms with Crippen LogP contribution in [0.25, 0.3) is 34.0 Å². The highest BCUT2D eigenvalue weighted by Gasteiger charge is 2.16. The zero-order chi connectivity index (χ0) is 18.1. The van der Waals surface area contributed by atoms with Gasteiger partial charge in [0, 0.05) is 12.1 Å². The molecule has 1 fully saturated rings. The lowest BCUT2D eigenvalue weighted by Gasteiger charge is -2.20. The quantitative estimate of drug-likeness (QED) is 0.578. The van der Waals surface area contributed by atoms with Gasteiger partial charge in [0.2, 0.25) is 5.82 Å². The molecule has 0 aliphatic heterocycles. The molecule has 1 aliphatic rings. The Kier molecular flexibility index (Phi) is 4.16. The fraction of sp³-hybridized carbons (Fsp3) is 0.421. The van der Waals surface area contributed by atoms with Crippen LogP contribution in [-0.4, -0.2) is 35.1 Å². The van der Waals surface area contributed by atoms with Crippen LogP contribution in [0, 0.1) is 5.92 Å². The van der Waals surface area contributed by atoms with E-state index in [1.165, 1.54) is 32.1 Å². The molecule has 1 aliphatic carbocycles. The number of rotatable bonds is 5. The average Bonchev–Trinajstić information content (AvgIpc) is 3.46. The van der Waals surface area contributed by atoms with Crippen LogP contribution in [0.2, 0.25) is 0 Å². The Morgan fingerprint density at radius 1 is 1.19 bits per heavy atom. The Labute approximate surface area is 156 Å². The predicted molar refractivity (Wildman–Crippen MR) is 99.6 cm³/mol. The summed E-state index contributed by atoms with van der Waals surface area (Å²) in [6.07, 6.45) is 11.5. The normalized spacial score (nSPS) is 15.6. The number of aromatic amines is 1. The van der Waals surface area contributed by atoms with Gasteiger partial charge < -0.3 is 9.51 Å². The van der Waals surface area contributed by atoms with Gasteiger partial charge >= 0.3 is 0 Å². The van der Waals surface area contributed by atoms with Crippen molar-refractivity contribution >= 4 is 11.0 Å². The summed E-state index contributed by atoms with van der Waals surface area (Å²) in [5.74, 6) is 1.73. The van der Waals surface area contributed by atoms with Gasteiger partial charge in [0.1, 0.15) is 0 Å². The minimum atomic E-state index is 0.388. The molecule has 0 bridgehead atoms. The van der Waals surface area contributed by atoms with Crippen LogP contribution in [0.1, 0.15) is 38.5 Å². The van der Waals surface area contributed by atoms with Crippen molar-refractivity contribution in [1.29, 1.82) is 0 Å². The third-order valence-electron chi connectivity index (χ3n) is 5.35. The monoisotopic (exact) mass is 363 g/mol. The zero-order valence-electron chi connectivity index (χ0n) is 15.0. The number of hydrogen-bond acceptors (Lipinski definition) is 6. The Hall–Kier alpha value is -3.03. The van der Waals surface area contributed by atoms with Crippen molar-refractivity contribution in [1.82, 2.24) is 35.1 Å². The lowest BCUT2D eigenvalue weighted by atomic mass is 9.87. The lowest BCUT2D eigenvalue weighted by molar-refractivity contribution is 0.317. The Balaban J connectivity index is 1.30. The van der Waals surface area contributed by atoms with Gasteiger partial charge in [-0.1, -0.05) is 42.5 Å². The van der Waals surface area contributed by atoms with E-state index < -0.39 is 0 Å². The van der Waals surface area contributed by atoms with E-state index in [-0.39, 0.29) is 0 Å². The largest absolute Gasteiger partial charge is 0.345 e. The van der Waals surface area contributed by atoms with Crippen molar-refractivity contribution < 1.29 is 4.52 Å². The maximum Gasteiger partial charge on any atom is 0.280 e. The van der Waals surface area contributed by atoms with E-state index in [9.17, 15) is 0 Å². The molecular weight excluding hydrogens is 342 g/mol. The SMILES string of the molecule is c1nc2ccc(-c3noc(-c4cn(CCC5CCCCC5)nn4)n3)cc2[nH]1. The predicted octanol–water partition coefficient (Wildman–Crippen LogP) is 3.84. The highest BCUT2D eigenvalue weighted by molar-refractivity contribution is 5.80. The third kappa shape index (κ3) is 3.34. The van der Waals surface area contributed by atoms with Crippen molar-refractivity contribution in [2.24, 2.45) is 5.92 Å². The van der Waals surface area contributed by atoms with Crippen LogP contribution in [0.15, 0.2) is 35.2 Å². The van der Waals surface area contributed by atoms with Crippen LogP contribution in [0.5, 0.6) is 0 Å². The van der Waals surface area contributed by atoms with Crippen LogP contribution in [0.3, 0.4) is 0 Å². The second-order valence-corrected chi connectivity index (χ2v) is 7.22. The molecule has 0 saturated heterocycles. The van der Waals surface area contributed by atoms with Gasteiger partial charge in [-0.2, -0.15) is 4.98 Å². The first kappa shape index (κ1) is 16.2. The van der Waals surface area contributed by atoms with Crippen molar-refractivity contribution in [2.45, 2.75) is 45.1 Å². The van der Waals surface area contributed by atoms with Gasteiger partial charge in [0.25, 0.3) is 5.89 Å². The van der Waals surface area contributed by atoms with Gasteiger partial charge in [0.05, 0.1) is 23.6 Å². The number of nitrogens with zero attached hydrogens (tertiary/aromatic N) is 6. The Bertz CT molecular complexity index is 1040. The fourth-order valence-corrected chi connectivity index (χ4v) is 3.82. The van der Waals surface area contributed by atoms with E-state index >= 15 is 0 Å². The first-order valence-corrected chi connectivity index (χ1v) is 9.53. The van der Waals surface area contributed by atoms with Crippen molar-refractivity contribution in [2.75, 3.05) is 0 Å². The lowest BCUT2D eigenvalue weighted by Crippen LogP contribution is -2.10. The molecular formula is C19H21N7O. The summed E-state index contributed by atoms with van der Waals surface area (Å²) < 4.78 is 7.28. The molecule has 4 aromatic rings. The number of H-pyrrole nitrogens is 1. The summed E-state index contributed by atoms with van der Waals surface area (Å²) in [5.41, 5.74) is 3.32. The summed E-state index contributed by atoms with van der Waals surface area (Å²) in [6.45, 7) is 0.884. The van der Waals surface area contributed by atoms with Crippen molar-refractivity contribution in [3.8, 4) is 23.0 Å². The number of benzene rings is 1. The number of imidazole rings is 1. The molecule has 5 rings (SSSR count). The number of fused-ring (bicyclic) bond motifs is 1. The van der Waals surface area contributed by atoms with E-state index in [1.807, 2.05) is 29.1 Å². The number of hydrogen-bond donors (Lipinski definition) is 1. The fourth-order valence-electron chi connectivity index (χ4n) is 3.82. The topological polar surface area (TPSA) is 98.3 Å². The van der Waals surface area contributed by atoms with E-state index in [0.717, 1.165) is 35.5 Å². The standard InChI is InChI=1S/C19H21N7O/c1-2-4-13(5-3-1)8-9-26-11-17(23-25-26)19-22-18(24-27-19)14-6-7-15-16(10-14)21-12-20-15/h6-7,10-13H,1-5,8-9H2,(H,20,21). The summed E-state index contributed by atoms with van der Waals surface area (Å²) in [4.78, 5) is 11.8.